The summed E-state index contributed by atoms with van der Waals surface area (Å²) in [6.07, 6.45) is 1.82. The van der Waals surface area contributed by atoms with E-state index < -0.39 is 0 Å². The van der Waals surface area contributed by atoms with E-state index >= 15 is 0 Å². The highest BCUT2D eigenvalue weighted by atomic mass is 32.1. The summed E-state index contributed by atoms with van der Waals surface area (Å²) >= 11 is 1.38. The van der Waals surface area contributed by atoms with E-state index in [9.17, 15) is 9.59 Å². The van der Waals surface area contributed by atoms with Crippen LogP contribution in [0.15, 0.2) is 36.4 Å². The topological polar surface area (TPSA) is 78.0 Å². The Morgan fingerprint density at radius 1 is 1.10 bits per heavy atom. The number of anilines is 1. The van der Waals surface area contributed by atoms with Crippen molar-refractivity contribution in [2.24, 2.45) is 0 Å². The van der Waals surface area contributed by atoms with Crippen LogP contribution in [0.2, 0.25) is 0 Å². The first-order valence-corrected chi connectivity index (χ1v) is 10.9. The maximum atomic E-state index is 13.5. The monoisotopic (exact) mass is 440 g/mol. The molecule has 162 valence electrons. The highest BCUT2D eigenvalue weighted by Crippen LogP contribution is 2.40. The fraction of sp³-hybridized carbons (Fsp3) is 0.348. The zero-order chi connectivity index (χ0) is 22.0. The van der Waals surface area contributed by atoms with E-state index in [0.717, 1.165) is 17.5 Å². The summed E-state index contributed by atoms with van der Waals surface area (Å²) in [6.45, 7) is 2.60. The standard InChI is InChI=1S/C23H24N2O5S/c1-14(26)15-6-8-16(9-7-15)22(27)25(13-17-5-4-12-30-17)23-24-20-18(28-2)10-11-19(29-3)21(20)31-23/h6-11,17H,4-5,12-13H2,1-3H3. The number of hydrogen-bond acceptors (Lipinski definition) is 7. The summed E-state index contributed by atoms with van der Waals surface area (Å²) in [6, 6.07) is 10.3. The van der Waals surface area contributed by atoms with E-state index in [4.69, 9.17) is 19.2 Å². The highest BCUT2D eigenvalue weighted by molar-refractivity contribution is 7.22. The Morgan fingerprint density at radius 2 is 1.77 bits per heavy atom. The normalized spacial score (nSPS) is 15.8. The van der Waals surface area contributed by atoms with Crippen molar-refractivity contribution in [2.45, 2.75) is 25.9 Å². The first kappa shape index (κ1) is 21.3. The zero-order valence-electron chi connectivity index (χ0n) is 17.7. The summed E-state index contributed by atoms with van der Waals surface area (Å²) in [5.74, 6) is 1.06. The molecule has 1 atom stereocenters. The molecule has 1 aliphatic heterocycles. The Balaban J connectivity index is 1.75. The number of fused-ring (bicyclic) bond motifs is 1. The van der Waals surface area contributed by atoms with Gasteiger partial charge in [-0.2, -0.15) is 0 Å². The van der Waals surface area contributed by atoms with Gasteiger partial charge in [0.1, 0.15) is 21.7 Å². The molecule has 1 aliphatic rings. The van der Waals surface area contributed by atoms with Crippen molar-refractivity contribution in [3.8, 4) is 11.5 Å². The van der Waals surface area contributed by atoms with Crippen LogP contribution in [0, 0.1) is 0 Å². The van der Waals surface area contributed by atoms with Gasteiger partial charge in [0.15, 0.2) is 10.9 Å². The molecule has 0 saturated carbocycles. The molecule has 7 nitrogen and oxygen atoms in total. The number of aromatic nitrogens is 1. The van der Waals surface area contributed by atoms with Gasteiger partial charge in [0, 0.05) is 17.7 Å². The Kier molecular flexibility index (Phi) is 6.20. The number of methoxy groups -OCH3 is 2. The van der Waals surface area contributed by atoms with E-state index in [0.29, 0.717) is 46.4 Å². The minimum atomic E-state index is -0.192. The molecule has 4 rings (SSSR count). The number of ether oxygens (including phenoxy) is 3. The van der Waals surface area contributed by atoms with E-state index in [1.165, 1.54) is 18.3 Å². The predicted molar refractivity (Wildman–Crippen MR) is 120 cm³/mol. The van der Waals surface area contributed by atoms with Crippen LogP contribution in [0.1, 0.15) is 40.5 Å². The summed E-state index contributed by atoms with van der Waals surface area (Å²) in [4.78, 5) is 31.5. The van der Waals surface area contributed by atoms with Crippen LogP contribution in [0.4, 0.5) is 5.13 Å². The molecule has 1 saturated heterocycles. The third-order valence-corrected chi connectivity index (χ3v) is 6.42. The number of Topliss-reactive ketones (excluding diaryl/α,β-unsaturated/α-hetero) is 1. The first-order valence-electron chi connectivity index (χ1n) is 10.1. The minimum absolute atomic E-state index is 0.0411. The molecular formula is C23H24N2O5S. The van der Waals surface area contributed by atoms with Crippen molar-refractivity contribution in [1.82, 2.24) is 4.98 Å². The van der Waals surface area contributed by atoms with E-state index in [1.54, 1.807) is 49.5 Å². The van der Waals surface area contributed by atoms with Gasteiger partial charge in [-0.1, -0.05) is 23.5 Å². The number of carbonyl (C=O) groups excluding carboxylic acids is 2. The van der Waals surface area contributed by atoms with Crippen molar-refractivity contribution in [3.05, 3.63) is 47.5 Å². The van der Waals surface area contributed by atoms with E-state index in [1.807, 2.05) is 6.07 Å². The van der Waals surface area contributed by atoms with Gasteiger partial charge in [0.05, 0.1) is 26.9 Å². The Labute approximate surface area is 184 Å². The molecule has 1 fully saturated rings. The SMILES string of the molecule is COc1ccc(OC)c2sc(N(CC3CCCO3)C(=O)c3ccc(C(C)=O)cc3)nc12. The van der Waals surface area contributed by atoms with Crippen LogP contribution >= 0.6 is 11.3 Å². The summed E-state index contributed by atoms with van der Waals surface area (Å²) in [7, 11) is 3.19. The van der Waals surface area contributed by atoms with Crippen LogP contribution in [0.3, 0.4) is 0 Å². The molecule has 0 bridgehead atoms. The first-order chi connectivity index (χ1) is 15.0. The molecule has 1 amide bonds. The molecule has 31 heavy (non-hydrogen) atoms. The van der Waals surface area contributed by atoms with Crippen molar-refractivity contribution in [2.75, 3.05) is 32.3 Å². The van der Waals surface area contributed by atoms with Crippen LogP contribution in [0.25, 0.3) is 10.2 Å². The molecule has 0 N–H and O–H groups in total. The molecule has 0 radical (unpaired) electrons. The number of rotatable bonds is 7. The van der Waals surface area contributed by atoms with Gasteiger partial charge in [-0.15, -0.1) is 0 Å². The van der Waals surface area contributed by atoms with Gasteiger partial charge >= 0.3 is 0 Å². The largest absolute Gasteiger partial charge is 0.495 e. The zero-order valence-corrected chi connectivity index (χ0v) is 18.5. The van der Waals surface area contributed by atoms with Crippen molar-refractivity contribution >= 4 is 38.4 Å². The van der Waals surface area contributed by atoms with Crippen LogP contribution in [-0.2, 0) is 4.74 Å². The lowest BCUT2D eigenvalue weighted by molar-refractivity contribution is 0.0916. The van der Waals surface area contributed by atoms with Crippen LogP contribution in [-0.4, -0.2) is 50.1 Å². The average Bonchev–Trinajstić information content (AvgIpc) is 3.46. The van der Waals surface area contributed by atoms with Gasteiger partial charge in [0.25, 0.3) is 5.91 Å². The molecule has 2 heterocycles. The fourth-order valence-electron chi connectivity index (χ4n) is 3.63. The number of amides is 1. The van der Waals surface area contributed by atoms with Crippen molar-refractivity contribution < 1.29 is 23.8 Å². The number of benzene rings is 2. The van der Waals surface area contributed by atoms with Crippen LogP contribution < -0.4 is 14.4 Å². The Bertz CT molecular complexity index is 1060. The van der Waals surface area contributed by atoms with Crippen molar-refractivity contribution in [3.63, 3.8) is 0 Å². The molecule has 1 aromatic heterocycles. The smallest absolute Gasteiger partial charge is 0.260 e. The van der Waals surface area contributed by atoms with Crippen molar-refractivity contribution in [1.29, 1.82) is 0 Å². The second-order valence-corrected chi connectivity index (χ2v) is 8.31. The van der Waals surface area contributed by atoms with Gasteiger partial charge in [0.2, 0.25) is 0 Å². The third-order valence-electron chi connectivity index (χ3n) is 5.32. The number of thiazole rings is 1. The Hall–Kier alpha value is -2.97. The maximum absolute atomic E-state index is 13.5. The number of carbonyl (C=O) groups is 2. The quantitative estimate of drug-likeness (QED) is 0.509. The van der Waals surface area contributed by atoms with E-state index in [2.05, 4.69) is 0 Å². The minimum Gasteiger partial charge on any atom is -0.495 e. The Morgan fingerprint density at radius 3 is 2.39 bits per heavy atom. The molecule has 2 aromatic carbocycles. The molecule has 1 unspecified atom stereocenters. The molecule has 3 aromatic rings. The van der Waals surface area contributed by atoms with Crippen LogP contribution in [0.5, 0.6) is 11.5 Å². The lowest BCUT2D eigenvalue weighted by Gasteiger charge is -2.23. The molecule has 8 heteroatoms. The predicted octanol–water partition coefficient (Wildman–Crippen LogP) is 4.34. The van der Waals surface area contributed by atoms with Gasteiger partial charge in [-0.05, 0) is 44.0 Å². The third kappa shape index (κ3) is 4.26. The second kappa shape index (κ2) is 9.03. The molecule has 0 aliphatic carbocycles. The summed E-state index contributed by atoms with van der Waals surface area (Å²) in [5, 5.41) is 0.550. The number of ketones is 1. The van der Waals surface area contributed by atoms with Gasteiger partial charge in [-0.25, -0.2) is 4.98 Å². The highest BCUT2D eigenvalue weighted by Gasteiger charge is 2.28. The molecule has 0 spiro atoms. The van der Waals surface area contributed by atoms with Gasteiger partial charge in [-0.3, -0.25) is 14.5 Å². The fourth-order valence-corrected chi connectivity index (χ4v) is 4.71. The van der Waals surface area contributed by atoms with Gasteiger partial charge < -0.3 is 14.2 Å². The molecular weight excluding hydrogens is 416 g/mol. The maximum Gasteiger partial charge on any atom is 0.260 e. The lowest BCUT2D eigenvalue weighted by Crippen LogP contribution is -2.37. The summed E-state index contributed by atoms with van der Waals surface area (Å²) < 4.78 is 17.6. The number of nitrogens with zero attached hydrogens (tertiary/aromatic N) is 2. The number of hydrogen-bond donors (Lipinski definition) is 0. The summed E-state index contributed by atoms with van der Waals surface area (Å²) in [5.41, 5.74) is 1.71. The average molecular weight is 441 g/mol. The lowest BCUT2D eigenvalue weighted by atomic mass is 10.1. The second-order valence-electron chi connectivity index (χ2n) is 7.33. The van der Waals surface area contributed by atoms with E-state index in [-0.39, 0.29) is 17.8 Å².